The number of carbonyl (C=O) groups is 2. The molecule has 7 nitrogen and oxygen atoms in total. The smallest absolute Gasteiger partial charge is 0.319 e. The second-order valence-corrected chi connectivity index (χ2v) is 4.86. The molecule has 0 radical (unpaired) electrons. The van der Waals surface area contributed by atoms with Gasteiger partial charge in [0.1, 0.15) is 11.5 Å². The lowest BCUT2D eigenvalue weighted by Gasteiger charge is -2.32. The van der Waals surface area contributed by atoms with E-state index in [2.05, 4.69) is 20.2 Å². The van der Waals surface area contributed by atoms with Gasteiger partial charge in [0, 0.05) is 19.1 Å². The molecule has 0 bridgehead atoms. The van der Waals surface area contributed by atoms with Crippen LogP contribution in [0, 0.1) is 0 Å². The first-order valence-corrected chi connectivity index (χ1v) is 7.14. The number of nitrogens with one attached hydrogen (secondary N) is 1. The van der Waals surface area contributed by atoms with Crippen LogP contribution in [0.2, 0.25) is 0 Å². The van der Waals surface area contributed by atoms with Crippen molar-refractivity contribution in [2.45, 2.75) is 25.8 Å². The summed E-state index contributed by atoms with van der Waals surface area (Å²) in [5.74, 6) is 0.569. The summed E-state index contributed by atoms with van der Waals surface area (Å²) in [4.78, 5) is 32.2. The minimum absolute atomic E-state index is 0.213. The number of hydrogen-bond acceptors (Lipinski definition) is 7. The first-order valence-electron chi connectivity index (χ1n) is 7.14. The van der Waals surface area contributed by atoms with E-state index in [9.17, 15) is 9.59 Å². The molecule has 0 unspecified atom stereocenters. The van der Waals surface area contributed by atoms with Crippen molar-refractivity contribution in [3.8, 4) is 0 Å². The minimum Gasteiger partial charge on any atom is -0.465 e. The summed E-state index contributed by atoms with van der Waals surface area (Å²) in [5, 5.41) is 3.21. The zero-order chi connectivity index (χ0) is 15.1. The fourth-order valence-corrected chi connectivity index (χ4v) is 2.31. The number of anilines is 1. The van der Waals surface area contributed by atoms with Crippen LogP contribution in [0.1, 0.15) is 30.3 Å². The standard InChI is InChI=1S/C14H20N4O3/c1-2-21-14(20)9-16-11-3-5-18(6-4-11)13-8-15-12(10-19)7-17-13/h7-8,10-11,16H,2-6,9H2,1H3. The van der Waals surface area contributed by atoms with Gasteiger partial charge in [0.2, 0.25) is 0 Å². The normalized spacial score (nSPS) is 15.8. The van der Waals surface area contributed by atoms with Crippen molar-refractivity contribution in [3.63, 3.8) is 0 Å². The van der Waals surface area contributed by atoms with Crippen molar-refractivity contribution < 1.29 is 14.3 Å². The van der Waals surface area contributed by atoms with Gasteiger partial charge in [-0.15, -0.1) is 0 Å². The van der Waals surface area contributed by atoms with Crippen LogP contribution in [-0.4, -0.2) is 54.5 Å². The van der Waals surface area contributed by atoms with E-state index in [1.54, 1.807) is 13.1 Å². The molecule has 0 amide bonds. The lowest BCUT2D eigenvalue weighted by molar-refractivity contribution is -0.142. The third-order valence-electron chi connectivity index (χ3n) is 3.44. The maximum atomic E-state index is 11.3. The second kappa shape index (κ2) is 7.68. The first-order chi connectivity index (χ1) is 10.2. The first kappa shape index (κ1) is 15.4. The second-order valence-electron chi connectivity index (χ2n) is 4.86. The van der Waals surface area contributed by atoms with E-state index in [0.29, 0.717) is 24.6 Å². The Labute approximate surface area is 123 Å². The van der Waals surface area contributed by atoms with Gasteiger partial charge in [0.05, 0.1) is 25.5 Å². The number of esters is 1. The molecule has 114 valence electrons. The highest BCUT2D eigenvalue weighted by Gasteiger charge is 2.20. The summed E-state index contributed by atoms with van der Waals surface area (Å²) in [6.07, 6.45) is 5.64. The number of rotatable bonds is 6. The lowest BCUT2D eigenvalue weighted by atomic mass is 10.1. The topological polar surface area (TPSA) is 84.4 Å². The minimum atomic E-state index is -0.213. The predicted octanol–water partition coefficient (Wildman–Crippen LogP) is 0.411. The van der Waals surface area contributed by atoms with E-state index in [1.165, 1.54) is 6.20 Å². The Morgan fingerprint density at radius 2 is 2.19 bits per heavy atom. The summed E-state index contributed by atoms with van der Waals surface area (Å²) in [7, 11) is 0. The molecule has 0 saturated carbocycles. The van der Waals surface area contributed by atoms with Crippen molar-refractivity contribution in [1.29, 1.82) is 0 Å². The molecule has 1 N–H and O–H groups in total. The van der Waals surface area contributed by atoms with Gasteiger partial charge in [0.15, 0.2) is 6.29 Å². The Kier molecular flexibility index (Phi) is 5.62. The zero-order valence-corrected chi connectivity index (χ0v) is 12.1. The Morgan fingerprint density at radius 3 is 2.76 bits per heavy atom. The molecule has 0 aromatic carbocycles. The summed E-state index contributed by atoms with van der Waals surface area (Å²) in [5.41, 5.74) is 0.338. The molecule has 1 aliphatic heterocycles. The van der Waals surface area contributed by atoms with Crippen molar-refractivity contribution in [3.05, 3.63) is 18.1 Å². The molecule has 0 spiro atoms. The van der Waals surface area contributed by atoms with Crippen molar-refractivity contribution >= 4 is 18.1 Å². The third-order valence-corrected chi connectivity index (χ3v) is 3.44. The zero-order valence-electron chi connectivity index (χ0n) is 12.1. The SMILES string of the molecule is CCOC(=O)CNC1CCN(c2cnc(C=O)cn2)CC1. The van der Waals surface area contributed by atoms with E-state index in [1.807, 2.05) is 0 Å². The van der Waals surface area contributed by atoms with Crippen LogP contribution in [0.25, 0.3) is 0 Å². The summed E-state index contributed by atoms with van der Waals surface area (Å²) in [6.45, 7) is 4.15. The summed E-state index contributed by atoms with van der Waals surface area (Å²) < 4.78 is 4.89. The van der Waals surface area contributed by atoms with Crippen LogP contribution < -0.4 is 10.2 Å². The Hall–Kier alpha value is -2.02. The maximum absolute atomic E-state index is 11.3. The molecule has 2 heterocycles. The van der Waals surface area contributed by atoms with Gasteiger partial charge in [-0.1, -0.05) is 0 Å². The number of carbonyl (C=O) groups excluding carboxylic acids is 2. The highest BCUT2D eigenvalue weighted by Crippen LogP contribution is 2.16. The summed E-state index contributed by atoms with van der Waals surface area (Å²) in [6, 6.07) is 0.313. The fraction of sp³-hybridized carbons (Fsp3) is 0.571. The number of ether oxygens (including phenoxy) is 1. The molecule has 0 aliphatic carbocycles. The molecular formula is C14H20N4O3. The Balaban J connectivity index is 1.77. The van der Waals surface area contributed by atoms with E-state index in [0.717, 1.165) is 31.7 Å². The van der Waals surface area contributed by atoms with Crippen LogP contribution in [0.3, 0.4) is 0 Å². The number of hydrogen-bond donors (Lipinski definition) is 1. The average Bonchev–Trinajstić information content (AvgIpc) is 2.54. The Morgan fingerprint density at radius 1 is 1.43 bits per heavy atom. The number of aldehydes is 1. The largest absolute Gasteiger partial charge is 0.465 e. The number of nitrogens with zero attached hydrogens (tertiary/aromatic N) is 3. The van der Waals surface area contributed by atoms with Gasteiger partial charge in [-0.25, -0.2) is 9.97 Å². The van der Waals surface area contributed by atoms with E-state index >= 15 is 0 Å². The lowest BCUT2D eigenvalue weighted by Crippen LogP contribution is -2.44. The highest BCUT2D eigenvalue weighted by atomic mass is 16.5. The van der Waals surface area contributed by atoms with E-state index < -0.39 is 0 Å². The van der Waals surface area contributed by atoms with Crippen LogP contribution >= 0.6 is 0 Å². The highest BCUT2D eigenvalue weighted by molar-refractivity contribution is 5.71. The predicted molar refractivity (Wildman–Crippen MR) is 77.3 cm³/mol. The molecule has 1 aliphatic rings. The van der Waals surface area contributed by atoms with Crippen LogP contribution in [-0.2, 0) is 9.53 Å². The van der Waals surface area contributed by atoms with Crippen LogP contribution in [0.5, 0.6) is 0 Å². The number of piperidine rings is 1. The van der Waals surface area contributed by atoms with Gasteiger partial charge >= 0.3 is 5.97 Å². The molecule has 0 atom stereocenters. The molecule has 2 rings (SSSR count). The van der Waals surface area contributed by atoms with Crippen LogP contribution in [0.15, 0.2) is 12.4 Å². The van der Waals surface area contributed by atoms with Crippen molar-refractivity contribution in [2.24, 2.45) is 0 Å². The molecule has 1 aromatic rings. The summed E-state index contributed by atoms with van der Waals surface area (Å²) >= 11 is 0. The molecule has 1 saturated heterocycles. The molecule has 21 heavy (non-hydrogen) atoms. The van der Waals surface area contributed by atoms with Gasteiger partial charge in [-0.2, -0.15) is 0 Å². The van der Waals surface area contributed by atoms with Gasteiger partial charge in [-0.05, 0) is 19.8 Å². The monoisotopic (exact) mass is 292 g/mol. The molecule has 7 heteroatoms. The van der Waals surface area contributed by atoms with Crippen molar-refractivity contribution in [2.75, 3.05) is 31.1 Å². The third kappa shape index (κ3) is 4.49. The molecule has 1 fully saturated rings. The van der Waals surface area contributed by atoms with Crippen molar-refractivity contribution in [1.82, 2.24) is 15.3 Å². The van der Waals surface area contributed by atoms with Crippen LogP contribution in [0.4, 0.5) is 5.82 Å². The quantitative estimate of drug-likeness (QED) is 0.600. The number of aromatic nitrogens is 2. The van der Waals surface area contributed by atoms with Gasteiger partial charge < -0.3 is 15.0 Å². The Bertz CT molecular complexity index is 470. The molecular weight excluding hydrogens is 272 g/mol. The maximum Gasteiger partial charge on any atom is 0.319 e. The molecule has 1 aromatic heterocycles. The average molecular weight is 292 g/mol. The van der Waals surface area contributed by atoms with E-state index in [4.69, 9.17) is 4.74 Å². The van der Waals surface area contributed by atoms with Gasteiger partial charge in [-0.3, -0.25) is 9.59 Å². The fourth-order valence-electron chi connectivity index (χ4n) is 2.31. The van der Waals surface area contributed by atoms with E-state index in [-0.39, 0.29) is 12.5 Å². The van der Waals surface area contributed by atoms with Gasteiger partial charge in [0.25, 0.3) is 0 Å².